The second kappa shape index (κ2) is 4.41. The Bertz CT molecular complexity index is 390. The van der Waals surface area contributed by atoms with Crippen LogP contribution in [0.4, 0.5) is 0 Å². The topological polar surface area (TPSA) is 51.0 Å². The zero-order valence-corrected chi connectivity index (χ0v) is 10.6. The van der Waals surface area contributed by atoms with E-state index in [9.17, 15) is 0 Å². The molecule has 0 spiro atoms. The summed E-state index contributed by atoms with van der Waals surface area (Å²) in [7, 11) is 1.91. The highest BCUT2D eigenvalue weighted by molar-refractivity contribution is 4.95. The smallest absolute Gasteiger partial charge is 0.233 e. The molecule has 17 heavy (non-hydrogen) atoms. The summed E-state index contributed by atoms with van der Waals surface area (Å²) in [4.78, 5) is 0. The quantitative estimate of drug-likeness (QED) is 0.870. The van der Waals surface area contributed by atoms with E-state index in [1.807, 2.05) is 14.0 Å². The SMILES string of the molecule is CNC(C)c1nnc(CC2CC3CCC2C3)o1. The Kier molecular flexibility index (Phi) is 2.90. The van der Waals surface area contributed by atoms with Gasteiger partial charge in [0.1, 0.15) is 0 Å². The molecule has 4 heteroatoms. The van der Waals surface area contributed by atoms with Gasteiger partial charge < -0.3 is 9.73 Å². The number of hydrogen-bond acceptors (Lipinski definition) is 4. The fourth-order valence-corrected chi connectivity index (χ4v) is 3.50. The molecule has 0 saturated heterocycles. The summed E-state index contributed by atoms with van der Waals surface area (Å²) < 4.78 is 5.72. The molecule has 1 N–H and O–H groups in total. The van der Waals surface area contributed by atoms with Gasteiger partial charge in [0.05, 0.1) is 6.04 Å². The predicted octanol–water partition coefficient (Wildman–Crippen LogP) is 2.33. The van der Waals surface area contributed by atoms with Crippen molar-refractivity contribution < 1.29 is 4.42 Å². The average Bonchev–Trinajstić information content (AvgIpc) is 3.03. The second-order valence-corrected chi connectivity index (χ2v) is 5.68. The van der Waals surface area contributed by atoms with Crippen LogP contribution in [0.3, 0.4) is 0 Å². The normalized spacial score (nSPS) is 33.2. The average molecular weight is 235 g/mol. The van der Waals surface area contributed by atoms with Gasteiger partial charge >= 0.3 is 0 Å². The Morgan fingerprint density at radius 1 is 1.35 bits per heavy atom. The van der Waals surface area contributed by atoms with Crippen LogP contribution in [-0.4, -0.2) is 17.2 Å². The van der Waals surface area contributed by atoms with Crippen molar-refractivity contribution in [3.63, 3.8) is 0 Å². The molecular weight excluding hydrogens is 214 g/mol. The molecule has 1 aromatic heterocycles. The standard InChI is InChI=1S/C13H21N3O/c1-8(14-2)13-16-15-12(17-13)7-11-6-9-3-4-10(11)5-9/h8-11,14H,3-7H2,1-2H3. The molecule has 4 nitrogen and oxygen atoms in total. The second-order valence-electron chi connectivity index (χ2n) is 5.68. The summed E-state index contributed by atoms with van der Waals surface area (Å²) in [5, 5.41) is 11.4. The van der Waals surface area contributed by atoms with Gasteiger partial charge in [-0.25, -0.2) is 0 Å². The molecule has 0 amide bonds. The number of fused-ring (bicyclic) bond motifs is 2. The van der Waals surface area contributed by atoms with Crippen molar-refractivity contribution in [2.75, 3.05) is 7.05 Å². The van der Waals surface area contributed by atoms with E-state index in [0.29, 0.717) is 5.89 Å². The zero-order chi connectivity index (χ0) is 11.8. The van der Waals surface area contributed by atoms with Gasteiger partial charge in [-0.15, -0.1) is 10.2 Å². The van der Waals surface area contributed by atoms with Gasteiger partial charge in [0, 0.05) is 6.42 Å². The molecule has 1 aromatic rings. The lowest BCUT2D eigenvalue weighted by molar-refractivity contribution is 0.300. The van der Waals surface area contributed by atoms with Crippen LogP contribution in [-0.2, 0) is 6.42 Å². The first kappa shape index (κ1) is 11.2. The maximum absolute atomic E-state index is 5.72. The lowest BCUT2D eigenvalue weighted by Crippen LogP contribution is -2.13. The van der Waals surface area contributed by atoms with Crippen LogP contribution in [0.1, 0.15) is 50.4 Å². The van der Waals surface area contributed by atoms with Gasteiger partial charge in [-0.05, 0) is 51.0 Å². The van der Waals surface area contributed by atoms with E-state index in [1.54, 1.807) is 0 Å². The molecular formula is C13H21N3O. The summed E-state index contributed by atoms with van der Waals surface area (Å²) in [5.74, 6) is 4.26. The first-order chi connectivity index (χ1) is 8.26. The number of rotatable bonds is 4. The van der Waals surface area contributed by atoms with Crippen LogP contribution >= 0.6 is 0 Å². The van der Waals surface area contributed by atoms with Crippen LogP contribution in [0, 0.1) is 17.8 Å². The van der Waals surface area contributed by atoms with E-state index < -0.39 is 0 Å². The van der Waals surface area contributed by atoms with E-state index >= 15 is 0 Å². The van der Waals surface area contributed by atoms with Crippen LogP contribution < -0.4 is 5.32 Å². The van der Waals surface area contributed by atoms with Crippen LogP contribution in [0.2, 0.25) is 0 Å². The molecule has 0 radical (unpaired) electrons. The first-order valence-corrected chi connectivity index (χ1v) is 6.75. The van der Waals surface area contributed by atoms with Crippen molar-refractivity contribution in [2.24, 2.45) is 17.8 Å². The third-order valence-electron chi connectivity index (χ3n) is 4.61. The van der Waals surface area contributed by atoms with Crippen molar-refractivity contribution in [1.29, 1.82) is 0 Å². The molecule has 0 aliphatic heterocycles. The van der Waals surface area contributed by atoms with Crippen LogP contribution in [0.5, 0.6) is 0 Å². The fourth-order valence-electron chi connectivity index (χ4n) is 3.50. The molecule has 2 aliphatic rings. The van der Waals surface area contributed by atoms with Crippen LogP contribution in [0.25, 0.3) is 0 Å². The molecule has 4 atom stereocenters. The lowest BCUT2D eigenvalue weighted by Gasteiger charge is -2.19. The highest BCUT2D eigenvalue weighted by atomic mass is 16.4. The molecule has 0 aromatic carbocycles. The molecule has 2 aliphatic carbocycles. The van der Waals surface area contributed by atoms with Crippen molar-refractivity contribution in [1.82, 2.24) is 15.5 Å². The van der Waals surface area contributed by atoms with Crippen molar-refractivity contribution >= 4 is 0 Å². The molecule has 94 valence electrons. The van der Waals surface area contributed by atoms with E-state index in [1.165, 1.54) is 25.7 Å². The van der Waals surface area contributed by atoms with Gasteiger partial charge in [-0.3, -0.25) is 0 Å². The third-order valence-corrected chi connectivity index (χ3v) is 4.61. The molecule has 2 saturated carbocycles. The summed E-state index contributed by atoms with van der Waals surface area (Å²) in [6.07, 6.45) is 6.68. The lowest BCUT2D eigenvalue weighted by atomic mass is 9.86. The Morgan fingerprint density at radius 3 is 2.88 bits per heavy atom. The minimum atomic E-state index is 0.149. The maximum Gasteiger partial charge on any atom is 0.233 e. The Labute approximate surface area is 102 Å². The summed E-state index contributed by atoms with van der Waals surface area (Å²) in [6, 6.07) is 0.149. The first-order valence-electron chi connectivity index (χ1n) is 6.75. The van der Waals surface area contributed by atoms with Crippen molar-refractivity contribution in [2.45, 2.75) is 45.1 Å². The number of hydrogen-bond donors (Lipinski definition) is 1. The van der Waals surface area contributed by atoms with E-state index in [2.05, 4.69) is 15.5 Å². The third kappa shape index (κ3) is 2.10. The summed E-state index contributed by atoms with van der Waals surface area (Å²) >= 11 is 0. The van der Waals surface area contributed by atoms with E-state index in [4.69, 9.17) is 4.42 Å². The molecule has 1 heterocycles. The Morgan fingerprint density at radius 2 is 2.24 bits per heavy atom. The summed E-state index contributed by atoms with van der Waals surface area (Å²) in [5.41, 5.74) is 0. The van der Waals surface area contributed by atoms with E-state index in [-0.39, 0.29) is 6.04 Å². The van der Waals surface area contributed by atoms with Gasteiger partial charge in [0.2, 0.25) is 11.8 Å². The molecule has 2 fully saturated rings. The zero-order valence-electron chi connectivity index (χ0n) is 10.6. The number of nitrogens with one attached hydrogen (secondary N) is 1. The van der Waals surface area contributed by atoms with Crippen molar-refractivity contribution in [3.05, 3.63) is 11.8 Å². The molecule has 4 unspecified atom stereocenters. The summed E-state index contributed by atoms with van der Waals surface area (Å²) in [6.45, 7) is 2.04. The Balaban J connectivity index is 1.63. The highest BCUT2D eigenvalue weighted by Gasteiger charge is 2.40. The highest BCUT2D eigenvalue weighted by Crippen LogP contribution is 2.49. The van der Waals surface area contributed by atoms with Gasteiger partial charge in [0.15, 0.2) is 0 Å². The fraction of sp³-hybridized carbons (Fsp3) is 0.846. The number of nitrogens with zero attached hydrogens (tertiary/aromatic N) is 2. The van der Waals surface area contributed by atoms with E-state index in [0.717, 1.165) is 30.1 Å². The minimum Gasteiger partial charge on any atom is -0.424 e. The molecule has 3 rings (SSSR count). The van der Waals surface area contributed by atoms with Gasteiger partial charge in [-0.2, -0.15) is 0 Å². The van der Waals surface area contributed by atoms with Gasteiger partial charge in [0.25, 0.3) is 0 Å². The largest absolute Gasteiger partial charge is 0.424 e. The van der Waals surface area contributed by atoms with Gasteiger partial charge in [-0.1, -0.05) is 6.42 Å². The Hall–Kier alpha value is -0.900. The maximum atomic E-state index is 5.72. The van der Waals surface area contributed by atoms with Crippen LogP contribution in [0.15, 0.2) is 4.42 Å². The minimum absolute atomic E-state index is 0.149. The van der Waals surface area contributed by atoms with Crippen molar-refractivity contribution in [3.8, 4) is 0 Å². The monoisotopic (exact) mass is 235 g/mol. The molecule has 2 bridgehead atoms. The number of aromatic nitrogens is 2. The predicted molar refractivity (Wildman–Crippen MR) is 64.4 cm³/mol.